The third-order valence-electron chi connectivity index (χ3n) is 2.79. The highest BCUT2D eigenvalue weighted by Crippen LogP contribution is 2.12. The lowest BCUT2D eigenvalue weighted by molar-refractivity contribution is -0.117. The molecule has 0 bridgehead atoms. The summed E-state index contributed by atoms with van der Waals surface area (Å²) in [5.74, 6) is 1.01. The Morgan fingerprint density at radius 2 is 1.94 bits per heavy atom. The number of carbonyl (C=O) groups excluding carboxylic acids is 2. The Kier molecular flexibility index (Phi) is 5.01. The zero-order valence-electron chi connectivity index (χ0n) is 11.5. The van der Waals surface area contributed by atoms with E-state index in [-0.39, 0.29) is 11.6 Å². The van der Waals surface area contributed by atoms with Gasteiger partial charge in [-0.2, -0.15) is 0 Å². The second-order valence-electron chi connectivity index (χ2n) is 4.65. The van der Waals surface area contributed by atoms with Gasteiger partial charge >= 0.3 is 0 Å². The summed E-state index contributed by atoms with van der Waals surface area (Å²) in [6.07, 6.45) is 5.83. The molecule has 1 aromatic rings. The number of imidazole rings is 1. The Balaban J connectivity index is 2.78. The molecule has 98 valence electrons. The minimum atomic E-state index is 0.00314. The fraction of sp³-hybridized carbons (Fsp3) is 0.500. The van der Waals surface area contributed by atoms with E-state index in [4.69, 9.17) is 0 Å². The second kappa shape index (κ2) is 6.28. The van der Waals surface area contributed by atoms with E-state index in [1.165, 1.54) is 6.92 Å². The molecule has 1 rings (SSSR count). The van der Waals surface area contributed by atoms with Crippen LogP contribution in [0.15, 0.2) is 11.8 Å². The van der Waals surface area contributed by atoms with Gasteiger partial charge in [0.2, 0.25) is 0 Å². The molecular weight excluding hydrogens is 228 g/mol. The SMILES string of the molecule is CC(=O)CCC/C(C)=C/n1c(C(C)=O)cnc1C. The minimum Gasteiger partial charge on any atom is -0.301 e. The first-order valence-corrected chi connectivity index (χ1v) is 6.13. The van der Waals surface area contributed by atoms with E-state index in [0.717, 1.165) is 24.2 Å². The number of allylic oxidation sites excluding steroid dienone is 1. The van der Waals surface area contributed by atoms with Gasteiger partial charge in [-0.25, -0.2) is 4.98 Å². The molecule has 1 heterocycles. The molecule has 1 aromatic heterocycles. The summed E-state index contributed by atoms with van der Waals surface area (Å²) in [7, 11) is 0. The standard InChI is InChI=1S/C14H20N2O2/c1-10(6-5-7-11(2)17)9-16-13(4)15-8-14(16)12(3)18/h8-9H,5-7H2,1-4H3/b10-9+. The van der Waals surface area contributed by atoms with Crippen LogP contribution in [0.4, 0.5) is 0 Å². The molecule has 18 heavy (non-hydrogen) atoms. The van der Waals surface area contributed by atoms with E-state index in [1.807, 2.05) is 24.6 Å². The lowest BCUT2D eigenvalue weighted by Gasteiger charge is -2.05. The van der Waals surface area contributed by atoms with Gasteiger partial charge in [0.15, 0.2) is 5.78 Å². The number of carbonyl (C=O) groups is 2. The fourth-order valence-electron chi connectivity index (χ4n) is 1.78. The van der Waals surface area contributed by atoms with Crippen LogP contribution in [-0.2, 0) is 4.79 Å². The predicted molar refractivity (Wildman–Crippen MR) is 71.4 cm³/mol. The van der Waals surface area contributed by atoms with Crippen molar-refractivity contribution in [1.29, 1.82) is 0 Å². The first kappa shape index (κ1) is 14.4. The smallest absolute Gasteiger partial charge is 0.178 e. The maximum atomic E-state index is 11.4. The van der Waals surface area contributed by atoms with Crippen molar-refractivity contribution in [1.82, 2.24) is 9.55 Å². The maximum absolute atomic E-state index is 11.4. The van der Waals surface area contributed by atoms with Gasteiger partial charge in [-0.05, 0) is 33.6 Å². The number of aryl methyl sites for hydroxylation is 1. The number of Topliss-reactive ketones (excluding diaryl/α,β-unsaturated/α-hetero) is 2. The van der Waals surface area contributed by atoms with Crippen molar-refractivity contribution in [3.8, 4) is 0 Å². The molecule has 0 N–H and O–H groups in total. The van der Waals surface area contributed by atoms with Crippen molar-refractivity contribution in [2.45, 2.75) is 47.0 Å². The van der Waals surface area contributed by atoms with E-state index >= 15 is 0 Å². The Labute approximate surface area is 108 Å². The van der Waals surface area contributed by atoms with E-state index < -0.39 is 0 Å². The molecule has 0 aromatic carbocycles. The molecule has 0 saturated heterocycles. The maximum Gasteiger partial charge on any atom is 0.178 e. The van der Waals surface area contributed by atoms with Crippen LogP contribution in [0.25, 0.3) is 6.20 Å². The minimum absolute atomic E-state index is 0.00314. The second-order valence-corrected chi connectivity index (χ2v) is 4.65. The van der Waals surface area contributed by atoms with Crippen LogP contribution in [0.3, 0.4) is 0 Å². The lowest BCUT2D eigenvalue weighted by atomic mass is 10.1. The first-order chi connectivity index (χ1) is 8.41. The molecule has 0 aliphatic rings. The van der Waals surface area contributed by atoms with Crippen LogP contribution in [0.1, 0.15) is 56.3 Å². The molecule has 0 saturated carbocycles. The largest absolute Gasteiger partial charge is 0.301 e. The van der Waals surface area contributed by atoms with Gasteiger partial charge in [0.1, 0.15) is 17.3 Å². The first-order valence-electron chi connectivity index (χ1n) is 6.13. The highest BCUT2D eigenvalue weighted by molar-refractivity contribution is 5.93. The highest BCUT2D eigenvalue weighted by atomic mass is 16.1. The van der Waals surface area contributed by atoms with Crippen LogP contribution in [0.5, 0.6) is 0 Å². The van der Waals surface area contributed by atoms with Crippen molar-refractivity contribution < 1.29 is 9.59 Å². The van der Waals surface area contributed by atoms with Crippen LogP contribution in [-0.4, -0.2) is 21.1 Å². The molecular formula is C14H20N2O2. The zero-order chi connectivity index (χ0) is 13.7. The van der Waals surface area contributed by atoms with Gasteiger partial charge in [-0.3, -0.25) is 4.79 Å². The van der Waals surface area contributed by atoms with E-state index in [2.05, 4.69) is 4.98 Å². The van der Waals surface area contributed by atoms with Crippen LogP contribution in [0.2, 0.25) is 0 Å². The monoisotopic (exact) mass is 248 g/mol. The third kappa shape index (κ3) is 3.95. The number of aromatic nitrogens is 2. The van der Waals surface area contributed by atoms with Gasteiger partial charge < -0.3 is 9.36 Å². The Bertz CT molecular complexity index is 484. The molecule has 4 heteroatoms. The summed E-state index contributed by atoms with van der Waals surface area (Å²) in [6.45, 7) is 7.01. The fourth-order valence-corrected chi connectivity index (χ4v) is 1.78. The van der Waals surface area contributed by atoms with Crippen molar-refractivity contribution in [3.05, 3.63) is 23.3 Å². The summed E-state index contributed by atoms with van der Waals surface area (Å²) in [5, 5.41) is 0. The number of ketones is 2. The molecule has 0 spiro atoms. The molecule has 4 nitrogen and oxygen atoms in total. The van der Waals surface area contributed by atoms with Crippen LogP contribution < -0.4 is 0 Å². The average Bonchev–Trinajstić information content (AvgIpc) is 2.60. The lowest BCUT2D eigenvalue weighted by Crippen LogP contribution is -2.02. The van der Waals surface area contributed by atoms with Crippen LogP contribution in [0, 0.1) is 6.92 Å². The highest BCUT2D eigenvalue weighted by Gasteiger charge is 2.08. The van der Waals surface area contributed by atoms with Gasteiger partial charge in [0, 0.05) is 19.5 Å². The summed E-state index contributed by atoms with van der Waals surface area (Å²) in [6, 6.07) is 0. The van der Waals surface area contributed by atoms with Gasteiger partial charge in [-0.1, -0.05) is 5.57 Å². The summed E-state index contributed by atoms with van der Waals surface area (Å²) in [5.41, 5.74) is 1.73. The summed E-state index contributed by atoms with van der Waals surface area (Å²) < 4.78 is 1.81. The average molecular weight is 248 g/mol. The molecule has 0 radical (unpaired) electrons. The van der Waals surface area contributed by atoms with Crippen molar-refractivity contribution in [2.75, 3.05) is 0 Å². The van der Waals surface area contributed by atoms with E-state index in [1.54, 1.807) is 13.1 Å². The van der Waals surface area contributed by atoms with Crippen molar-refractivity contribution >= 4 is 17.8 Å². The number of nitrogens with zero attached hydrogens (tertiary/aromatic N) is 2. The van der Waals surface area contributed by atoms with Gasteiger partial charge in [-0.15, -0.1) is 0 Å². The molecule has 0 atom stereocenters. The van der Waals surface area contributed by atoms with Crippen LogP contribution >= 0.6 is 0 Å². The number of hydrogen-bond donors (Lipinski definition) is 0. The summed E-state index contributed by atoms with van der Waals surface area (Å²) >= 11 is 0. The Morgan fingerprint density at radius 3 is 2.50 bits per heavy atom. The van der Waals surface area contributed by atoms with Crippen molar-refractivity contribution in [3.63, 3.8) is 0 Å². The van der Waals surface area contributed by atoms with Gasteiger partial charge in [0.25, 0.3) is 0 Å². The van der Waals surface area contributed by atoms with E-state index in [0.29, 0.717) is 12.1 Å². The zero-order valence-corrected chi connectivity index (χ0v) is 11.5. The molecule has 0 amide bonds. The topological polar surface area (TPSA) is 52.0 Å². The Hall–Kier alpha value is -1.71. The third-order valence-corrected chi connectivity index (χ3v) is 2.79. The molecule has 0 fully saturated rings. The van der Waals surface area contributed by atoms with E-state index in [9.17, 15) is 9.59 Å². The molecule has 0 unspecified atom stereocenters. The predicted octanol–water partition coefficient (Wildman–Crippen LogP) is 3.01. The Morgan fingerprint density at radius 1 is 1.28 bits per heavy atom. The number of rotatable bonds is 6. The van der Waals surface area contributed by atoms with Crippen molar-refractivity contribution in [2.24, 2.45) is 0 Å². The summed E-state index contributed by atoms with van der Waals surface area (Å²) in [4.78, 5) is 26.4. The van der Waals surface area contributed by atoms with Gasteiger partial charge in [0.05, 0.1) is 6.20 Å². The normalized spacial score (nSPS) is 11.7. The quantitative estimate of drug-likeness (QED) is 0.727. The molecule has 0 aliphatic heterocycles. The number of hydrogen-bond acceptors (Lipinski definition) is 3. The molecule has 0 aliphatic carbocycles.